The summed E-state index contributed by atoms with van der Waals surface area (Å²) in [5, 5.41) is 9.61. The van der Waals surface area contributed by atoms with E-state index in [0.717, 1.165) is 0 Å². The highest BCUT2D eigenvalue weighted by Gasteiger charge is 2.25. The van der Waals surface area contributed by atoms with Crippen molar-refractivity contribution >= 4 is 5.97 Å². The van der Waals surface area contributed by atoms with Gasteiger partial charge in [0.25, 0.3) is 0 Å². The van der Waals surface area contributed by atoms with Crippen molar-refractivity contribution in [2.45, 2.75) is 27.1 Å². The molecule has 82 valence electrons. The number of benzene rings is 1. The Morgan fingerprint density at radius 2 is 1.80 bits per heavy atom. The zero-order valence-electron chi connectivity index (χ0n) is 9.23. The smallest absolute Gasteiger partial charge is 0.313 e. The molecule has 15 heavy (non-hydrogen) atoms. The van der Waals surface area contributed by atoms with Crippen molar-refractivity contribution in [3.63, 3.8) is 0 Å². The maximum atomic E-state index is 11.5. The largest absolute Gasteiger partial charge is 0.431 e. The molecule has 1 aromatic rings. The molecule has 0 heterocycles. The summed E-state index contributed by atoms with van der Waals surface area (Å²) < 4.78 is 4.92. The fourth-order valence-corrected chi connectivity index (χ4v) is 0.964. The second-order valence-electron chi connectivity index (χ2n) is 4.42. The summed E-state index contributed by atoms with van der Waals surface area (Å²) in [5.74, 6) is -0.418. The molecule has 0 amide bonds. The Labute approximate surface area is 89.7 Å². The van der Waals surface area contributed by atoms with Gasteiger partial charge < -0.3 is 9.84 Å². The van der Waals surface area contributed by atoms with Gasteiger partial charge in [0.15, 0.2) is 0 Å². The zero-order chi connectivity index (χ0) is 11.5. The Morgan fingerprint density at radius 3 is 2.27 bits per heavy atom. The van der Waals surface area contributed by atoms with E-state index in [-0.39, 0.29) is 0 Å². The van der Waals surface area contributed by atoms with Gasteiger partial charge >= 0.3 is 5.97 Å². The van der Waals surface area contributed by atoms with Crippen LogP contribution in [-0.4, -0.2) is 11.1 Å². The molecule has 0 bridgehead atoms. The summed E-state index contributed by atoms with van der Waals surface area (Å²) in [5.41, 5.74) is -0.0226. The molecule has 0 radical (unpaired) electrons. The number of ether oxygens (including phenoxy) is 1. The summed E-state index contributed by atoms with van der Waals surface area (Å²) in [7, 11) is 0. The van der Waals surface area contributed by atoms with Gasteiger partial charge in [0, 0.05) is 5.56 Å². The van der Waals surface area contributed by atoms with Gasteiger partial charge in [0.1, 0.15) is 0 Å². The first-order chi connectivity index (χ1) is 6.91. The Balaban J connectivity index is 2.65. The second kappa shape index (κ2) is 4.45. The van der Waals surface area contributed by atoms with Crippen LogP contribution in [0.5, 0.6) is 0 Å². The van der Waals surface area contributed by atoms with E-state index in [1.165, 1.54) is 0 Å². The summed E-state index contributed by atoms with van der Waals surface area (Å²) in [4.78, 5) is 11.5. The molecule has 3 nitrogen and oxygen atoms in total. The van der Waals surface area contributed by atoms with Gasteiger partial charge in [0.2, 0.25) is 6.29 Å². The third-order valence-electron chi connectivity index (χ3n) is 1.92. The van der Waals surface area contributed by atoms with Crippen molar-refractivity contribution in [3.05, 3.63) is 35.9 Å². The molecular weight excluding hydrogens is 192 g/mol. The Kier molecular flexibility index (Phi) is 3.48. The van der Waals surface area contributed by atoms with Gasteiger partial charge in [-0.05, 0) is 20.8 Å². The first kappa shape index (κ1) is 11.7. The minimum Gasteiger partial charge on any atom is -0.431 e. The molecule has 1 rings (SSSR count). The lowest BCUT2D eigenvalue weighted by Crippen LogP contribution is -2.24. The minimum absolute atomic E-state index is 0.418. The molecule has 1 atom stereocenters. The van der Waals surface area contributed by atoms with Crippen molar-refractivity contribution in [1.82, 2.24) is 0 Å². The van der Waals surface area contributed by atoms with E-state index in [1.807, 2.05) is 6.07 Å². The average Bonchev–Trinajstić information content (AvgIpc) is 2.17. The van der Waals surface area contributed by atoms with Gasteiger partial charge in [-0.15, -0.1) is 0 Å². The molecule has 1 unspecified atom stereocenters. The quantitative estimate of drug-likeness (QED) is 0.599. The molecule has 0 aromatic heterocycles. The van der Waals surface area contributed by atoms with Gasteiger partial charge in [-0.1, -0.05) is 30.3 Å². The molecule has 0 fully saturated rings. The third kappa shape index (κ3) is 3.36. The van der Waals surface area contributed by atoms with Gasteiger partial charge in [-0.25, -0.2) is 0 Å². The number of carbonyl (C=O) groups excluding carboxylic acids is 1. The van der Waals surface area contributed by atoms with Crippen molar-refractivity contribution in [3.8, 4) is 0 Å². The van der Waals surface area contributed by atoms with Crippen LogP contribution < -0.4 is 0 Å². The van der Waals surface area contributed by atoms with E-state index in [4.69, 9.17) is 4.74 Å². The lowest BCUT2D eigenvalue weighted by molar-refractivity contribution is -0.178. The highest BCUT2D eigenvalue weighted by atomic mass is 16.6. The Morgan fingerprint density at radius 1 is 1.27 bits per heavy atom. The Bertz CT molecular complexity index is 324. The lowest BCUT2D eigenvalue weighted by Gasteiger charge is -2.20. The van der Waals surface area contributed by atoms with Crippen molar-refractivity contribution in [2.24, 2.45) is 5.41 Å². The highest BCUT2D eigenvalue weighted by molar-refractivity contribution is 5.75. The summed E-state index contributed by atoms with van der Waals surface area (Å²) >= 11 is 0. The maximum Gasteiger partial charge on any atom is 0.313 e. The number of aliphatic hydroxyl groups is 1. The van der Waals surface area contributed by atoms with Gasteiger partial charge in [-0.2, -0.15) is 0 Å². The minimum atomic E-state index is -1.18. The lowest BCUT2D eigenvalue weighted by atomic mass is 9.97. The normalized spacial score (nSPS) is 13.3. The highest BCUT2D eigenvalue weighted by Crippen LogP contribution is 2.21. The number of aliphatic hydroxyl groups excluding tert-OH is 1. The molecule has 0 aliphatic carbocycles. The standard InChI is InChI=1S/C12H16O3/c1-12(2,3)11(14)15-10(13)9-7-5-4-6-8-9/h4-8,10,13H,1-3H3. The Hall–Kier alpha value is -1.35. The van der Waals surface area contributed by atoms with Crippen LogP contribution in [0.1, 0.15) is 32.6 Å². The van der Waals surface area contributed by atoms with Crippen LogP contribution in [0.2, 0.25) is 0 Å². The van der Waals surface area contributed by atoms with E-state index >= 15 is 0 Å². The predicted octanol–water partition coefficient (Wildman–Crippen LogP) is 2.27. The van der Waals surface area contributed by atoms with Crippen LogP contribution in [0.4, 0.5) is 0 Å². The molecule has 0 saturated carbocycles. The summed E-state index contributed by atoms with van der Waals surface area (Å²) in [6, 6.07) is 8.82. The fourth-order valence-electron chi connectivity index (χ4n) is 0.964. The zero-order valence-corrected chi connectivity index (χ0v) is 9.23. The van der Waals surface area contributed by atoms with E-state index < -0.39 is 17.7 Å². The SMILES string of the molecule is CC(C)(C)C(=O)OC(O)c1ccccc1. The molecule has 3 heteroatoms. The number of carbonyl (C=O) groups is 1. The van der Waals surface area contributed by atoms with Crippen molar-refractivity contribution < 1.29 is 14.6 Å². The first-order valence-corrected chi connectivity index (χ1v) is 4.85. The monoisotopic (exact) mass is 208 g/mol. The second-order valence-corrected chi connectivity index (χ2v) is 4.42. The van der Waals surface area contributed by atoms with Crippen LogP contribution in [-0.2, 0) is 9.53 Å². The number of rotatable bonds is 2. The summed E-state index contributed by atoms with van der Waals surface area (Å²) in [6.45, 7) is 5.23. The van der Waals surface area contributed by atoms with E-state index in [9.17, 15) is 9.90 Å². The first-order valence-electron chi connectivity index (χ1n) is 4.85. The average molecular weight is 208 g/mol. The van der Waals surface area contributed by atoms with Crippen LogP contribution in [0.3, 0.4) is 0 Å². The summed E-state index contributed by atoms with van der Waals surface area (Å²) in [6.07, 6.45) is -1.18. The molecule has 0 aliphatic rings. The van der Waals surface area contributed by atoms with Crippen LogP contribution in [0, 0.1) is 5.41 Å². The number of esters is 1. The van der Waals surface area contributed by atoms with Crippen molar-refractivity contribution in [2.75, 3.05) is 0 Å². The topological polar surface area (TPSA) is 46.5 Å². The number of hydrogen-bond donors (Lipinski definition) is 1. The molecular formula is C12H16O3. The van der Waals surface area contributed by atoms with Crippen LogP contribution in [0.15, 0.2) is 30.3 Å². The van der Waals surface area contributed by atoms with Crippen molar-refractivity contribution in [1.29, 1.82) is 0 Å². The fraction of sp³-hybridized carbons (Fsp3) is 0.417. The maximum absolute atomic E-state index is 11.5. The molecule has 1 N–H and O–H groups in total. The molecule has 0 aliphatic heterocycles. The van der Waals surface area contributed by atoms with Crippen LogP contribution in [0.25, 0.3) is 0 Å². The van der Waals surface area contributed by atoms with Gasteiger partial charge in [-0.3, -0.25) is 4.79 Å². The third-order valence-corrected chi connectivity index (χ3v) is 1.92. The molecule has 0 saturated heterocycles. The molecule has 0 spiro atoms. The molecule has 1 aromatic carbocycles. The van der Waals surface area contributed by atoms with E-state index in [0.29, 0.717) is 5.56 Å². The number of hydrogen-bond acceptors (Lipinski definition) is 3. The van der Waals surface area contributed by atoms with E-state index in [2.05, 4.69) is 0 Å². The predicted molar refractivity (Wildman–Crippen MR) is 56.9 cm³/mol. The van der Waals surface area contributed by atoms with Gasteiger partial charge in [0.05, 0.1) is 5.41 Å². The van der Waals surface area contributed by atoms with E-state index in [1.54, 1.807) is 45.0 Å². The van der Waals surface area contributed by atoms with Crippen LogP contribution >= 0.6 is 0 Å².